The third kappa shape index (κ3) is 4.15. The maximum absolute atomic E-state index is 13.3. The number of fused-ring (bicyclic) bond motifs is 2. The van der Waals surface area contributed by atoms with E-state index in [1.165, 1.54) is 0 Å². The van der Waals surface area contributed by atoms with Gasteiger partial charge in [0.15, 0.2) is 11.5 Å². The number of carbonyl (C=O) groups is 1. The second-order valence-electron chi connectivity index (χ2n) is 8.48. The van der Waals surface area contributed by atoms with Crippen molar-refractivity contribution in [2.45, 2.75) is 33.2 Å². The molecule has 7 nitrogen and oxygen atoms in total. The average molecular weight is 451 g/mol. The van der Waals surface area contributed by atoms with Gasteiger partial charge in [0.1, 0.15) is 5.75 Å². The summed E-state index contributed by atoms with van der Waals surface area (Å²) in [5, 5.41) is 0.847. The maximum atomic E-state index is 13.3. The Kier molecular flexibility index (Phi) is 6.31. The van der Waals surface area contributed by atoms with Crippen LogP contribution >= 0.6 is 0 Å². The van der Waals surface area contributed by atoms with E-state index in [0.29, 0.717) is 36.6 Å². The number of nitrogens with zero attached hydrogens (tertiary/aromatic N) is 1. The fourth-order valence-corrected chi connectivity index (χ4v) is 4.51. The Morgan fingerprint density at radius 2 is 1.82 bits per heavy atom. The van der Waals surface area contributed by atoms with Crippen LogP contribution in [0.5, 0.6) is 17.2 Å². The van der Waals surface area contributed by atoms with E-state index in [2.05, 4.69) is 4.98 Å². The van der Waals surface area contributed by atoms with Crippen molar-refractivity contribution in [1.82, 2.24) is 9.88 Å². The molecule has 33 heavy (non-hydrogen) atoms. The van der Waals surface area contributed by atoms with Gasteiger partial charge in [-0.2, -0.15) is 0 Å². The summed E-state index contributed by atoms with van der Waals surface area (Å²) in [6.07, 6.45) is 0.671. The molecule has 0 radical (unpaired) electrons. The predicted molar refractivity (Wildman–Crippen MR) is 127 cm³/mol. The van der Waals surface area contributed by atoms with Gasteiger partial charge < -0.3 is 24.1 Å². The van der Waals surface area contributed by atoms with Gasteiger partial charge >= 0.3 is 0 Å². The Labute approximate surface area is 193 Å². The van der Waals surface area contributed by atoms with Crippen LogP contribution in [0.4, 0.5) is 0 Å². The van der Waals surface area contributed by atoms with Gasteiger partial charge in [0.25, 0.3) is 5.56 Å². The van der Waals surface area contributed by atoms with Gasteiger partial charge in [-0.25, -0.2) is 0 Å². The molecule has 1 aromatic heterocycles. The topological polar surface area (TPSA) is 80.9 Å². The summed E-state index contributed by atoms with van der Waals surface area (Å²) < 4.78 is 16.7. The largest absolute Gasteiger partial charge is 0.494 e. The minimum absolute atomic E-state index is 0.00278. The van der Waals surface area contributed by atoms with Gasteiger partial charge in [-0.05, 0) is 60.9 Å². The molecule has 0 spiro atoms. The third-order valence-electron chi connectivity index (χ3n) is 6.10. The van der Waals surface area contributed by atoms with Crippen LogP contribution < -0.4 is 19.8 Å². The Bertz CT molecular complexity index is 1250. The predicted octanol–water partition coefficient (Wildman–Crippen LogP) is 4.07. The lowest BCUT2D eigenvalue weighted by molar-refractivity contribution is -0.136. The molecule has 174 valence electrons. The zero-order chi connectivity index (χ0) is 23.7. The summed E-state index contributed by atoms with van der Waals surface area (Å²) in [7, 11) is 3.18. The summed E-state index contributed by atoms with van der Waals surface area (Å²) in [4.78, 5) is 31.3. The second-order valence-corrected chi connectivity index (χ2v) is 8.48. The van der Waals surface area contributed by atoms with Crippen molar-refractivity contribution in [3.8, 4) is 17.2 Å². The summed E-state index contributed by atoms with van der Waals surface area (Å²) in [6.45, 7) is 6.75. The molecule has 3 aromatic rings. The quantitative estimate of drug-likeness (QED) is 0.612. The highest BCUT2D eigenvalue weighted by atomic mass is 16.5. The molecule has 0 aliphatic carbocycles. The molecule has 0 fully saturated rings. The average Bonchev–Trinajstić information content (AvgIpc) is 2.81. The van der Waals surface area contributed by atoms with Crippen molar-refractivity contribution < 1.29 is 19.0 Å². The first kappa shape index (κ1) is 22.7. The number of hydrogen-bond acceptors (Lipinski definition) is 5. The number of benzene rings is 2. The highest BCUT2D eigenvalue weighted by molar-refractivity contribution is 5.82. The first-order valence-electron chi connectivity index (χ1n) is 11.2. The molecule has 1 atom stereocenters. The van der Waals surface area contributed by atoms with Crippen molar-refractivity contribution in [3.05, 3.63) is 63.4 Å². The molecule has 0 saturated heterocycles. The first-order chi connectivity index (χ1) is 15.9. The van der Waals surface area contributed by atoms with E-state index in [1.807, 2.05) is 62.1 Å². The van der Waals surface area contributed by atoms with Crippen molar-refractivity contribution >= 4 is 16.8 Å². The molecule has 0 bridgehead atoms. The molecule has 4 rings (SSSR count). The monoisotopic (exact) mass is 450 g/mol. The summed E-state index contributed by atoms with van der Waals surface area (Å²) in [6, 6.07) is 10.7. The van der Waals surface area contributed by atoms with E-state index in [0.717, 1.165) is 27.8 Å². The highest BCUT2D eigenvalue weighted by Crippen LogP contribution is 2.41. The summed E-state index contributed by atoms with van der Waals surface area (Å²) in [5.41, 5.74) is 2.92. The summed E-state index contributed by atoms with van der Waals surface area (Å²) >= 11 is 0. The van der Waals surface area contributed by atoms with Gasteiger partial charge in [-0.15, -0.1) is 0 Å². The molecule has 1 aliphatic heterocycles. The van der Waals surface area contributed by atoms with Crippen molar-refractivity contribution in [1.29, 1.82) is 0 Å². The standard InChI is InChI=1S/C26H30N2O5/c1-6-33-18-7-8-21-17(11-18)12-20(25(29)27-21)24-19-14-23(32-5)22(31-4)13-16(19)9-10-28(24)26(30)15(2)3/h7-8,11-15,24H,6,9-10H2,1-5H3,(H,27,29)/t24-/m1/s1. The van der Waals surface area contributed by atoms with Crippen molar-refractivity contribution in [2.75, 3.05) is 27.4 Å². The Morgan fingerprint density at radius 1 is 1.09 bits per heavy atom. The number of hydrogen-bond donors (Lipinski definition) is 1. The molecule has 1 amide bonds. The van der Waals surface area contributed by atoms with Gasteiger partial charge in [0.05, 0.1) is 26.9 Å². The van der Waals surface area contributed by atoms with E-state index in [4.69, 9.17) is 14.2 Å². The van der Waals surface area contributed by atoms with Crippen LogP contribution in [0, 0.1) is 5.92 Å². The third-order valence-corrected chi connectivity index (χ3v) is 6.10. The van der Waals surface area contributed by atoms with E-state index in [9.17, 15) is 9.59 Å². The van der Waals surface area contributed by atoms with E-state index in [1.54, 1.807) is 14.2 Å². The Balaban J connectivity index is 1.95. The SMILES string of the molecule is CCOc1ccc2[nH]c(=O)c([C@H]3c4cc(OC)c(OC)cc4CCN3C(=O)C(C)C)cc2c1. The number of ether oxygens (including phenoxy) is 3. The van der Waals surface area contributed by atoms with Crippen molar-refractivity contribution in [2.24, 2.45) is 5.92 Å². The lowest BCUT2D eigenvalue weighted by atomic mass is 9.87. The zero-order valence-corrected chi connectivity index (χ0v) is 19.7. The fourth-order valence-electron chi connectivity index (χ4n) is 4.51. The fraction of sp³-hybridized carbons (Fsp3) is 0.385. The minimum Gasteiger partial charge on any atom is -0.494 e. The van der Waals surface area contributed by atoms with E-state index in [-0.39, 0.29) is 17.4 Å². The van der Waals surface area contributed by atoms with E-state index >= 15 is 0 Å². The lowest BCUT2D eigenvalue weighted by Gasteiger charge is -2.38. The maximum Gasteiger partial charge on any atom is 0.254 e. The molecule has 1 aliphatic rings. The van der Waals surface area contributed by atoms with Crippen LogP contribution in [-0.4, -0.2) is 43.2 Å². The number of rotatable bonds is 6. The van der Waals surface area contributed by atoms with Crippen LogP contribution in [0.3, 0.4) is 0 Å². The Hall–Kier alpha value is -3.48. The molecule has 1 N–H and O–H groups in total. The Morgan fingerprint density at radius 3 is 2.48 bits per heavy atom. The smallest absolute Gasteiger partial charge is 0.254 e. The highest BCUT2D eigenvalue weighted by Gasteiger charge is 2.35. The van der Waals surface area contributed by atoms with Crippen LogP contribution in [0.2, 0.25) is 0 Å². The van der Waals surface area contributed by atoms with Gasteiger partial charge in [0, 0.05) is 28.9 Å². The first-order valence-corrected chi connectivity index (χ1v) is 11.2. The van der Waals surface area contributed by atoms with Crippen LogP contribution in [0.1, 0.15) is 43.5 Å². The van der Waals surface area contributed by atoms with Crippen LogP contribution in [0.25, 0.3) is 10.9 Å². The second kappa shape index (κ2) is 9.17. The number of carbonyl (C=O) groups excluding carboxylic acids is 1. The molecular weight excluding hydrogens is 420 g/mol. The molecule has 2 heterocycles. The van der Waals surface area contributed by atoms with Gasteiger partial charge in [0.2, 0.25) is 5.91 Å². The molecular formula is C26H30N2O5. The lowest BCUT2D eigenvalue weighted by Crippen LogP contribution is -2.44. The normalized spacial score (nSPS) is 15.5. The van der Waals surface area contributed by atoms with Gasteiger partial charge in [-0.1, -0.05) is 13.8 Å². The number of H-pyrrole nitrogens is 1. The number of pyridine rings is 1. The zero-order valence-electron chi connectivity index (χ0n) is 19.7. The van der Waals surface area contributed by atoms with E-state index < -0.39 is 6.04 Å². The number of nitrogens with one attached hydrogen (secondary N) is 1. The summed E-state index contributed by atoms with van der Waals surface area (Å²) in [5.74, 6) is 1.73. The number of aromatic nitrogens is 1. The van der Waals surface area contributed by atoms with Crippen LogP contribution in [0.15, 0.2) is 41.2 Å². The van der Waals surface area contributed by atoms with Crippen molar-refractivity contribution in [3.63, 3.8) is 0 Å². The number of amides is 1. The number of methoxy groups -OCH3 is 2. The molecule has 0 saturated carbocycles. The van der Waals surface area contributed by atoms with Crippen LogP contribution in [-0.2, 0) is 11.2 Å². The minimum atomic E-state index is -0.535. The molecule has 7 heteroatoms. The van der Waals surface area contributed by atoms with Gasteiger partial charge in [-0.3, -0.25) is 9.59 Å². The molecule has 2 aromatic carbocycles. The number of aromatic amines is 1. The molecule has 0 unspecified atom stereocenters.